The third-order valence-electron chi connectivity index (χ3n) is 10.1. The molecule has 5 N–H and O–H groups in total. The van der Waals surface area contributed by atoms with Gasteiger partial charge in [-0.05, 0) is 12.8 Å². The number of nitrogens with zero attached hydrogens (tertiary/aromatic N) is 1. The van der Waals surface area contributed by atoms with Crippen LogP contribution in [0.2, 0.25) is 0 Å². The third kappa shape index (κ3) is 23.1. The predicted molar refractivity (Wildman–Crippen MR) is 202 cm³/mol. The summed E-state index contributed by atoms with van der Waals surface area (Å²) in [4.78, 5) is 0. The predicted octanol–water partition coefficient (Wildman–Crippen LogP) is 7.81. The van der Waals surface area contributed by atoms with Gasteiger partial charge < -0.3 is 35.0 Å². The molecule has 10 heteroatoms. The van der Waals surface area contributed by atoms with Crippen molar-refractivity contribution in [3.63, 3.8) is 0 Å². The summed E-state index contributed by atoms with van der Waals surface area (Å²) in [5.41, 5.74) is 0. The highest BCUT2D eigenvalue weighted by Gasteiger charge is 2.44. The summed E-state index contributed by atoms with van der Waals surface area (Å²) in [7, 11) is -2.59. The summed E-state index contributed by atoms with van der Waals surface area (Å²) < 4.78 is 29.4. The van der Waals surface area contributed by atoms with Gasteiger partial charge in [0.2, 0.25) is 0 Å². The molecule has 6 unspecified atom stereocenters. The van der Waals surface area contributed by atoms with Crippen LogP contribution in [-0.2, 0) is 19.2 Å². The highest BCUT2D eigenvalue weighted by Crippen LogP contribution is 2.24. The Hall–Kier alpha value is -0.330. The van der Waals surface area contributed by atoms with Gasteiger partial charge in [-0.15, -0.1) is 0 Å². The van der Waals surface area contributed by atoms with Crippen LogP contribution in [0.3, 0.4) is 0 Å². The molecular formula is C39H79NO8S. The Kier molecular flexibility index (Phi) is 28.7. The van der Waals surface area contributed by atoms with E-state index in [-0.39, 0.29) is 6.61 Å². The van der Waals surface area contributed by atoms with Crippen molar-refractivity contribution in [1.29, 1.82) is 0 Å². The summed E-state index contributed by atoms with van der Waals surface area (Å²) >= 11 is 0. The van der Waals surface area contributed by atoms with Crippen LogP contribution in [0.5, 0.6) is 0 Å². The molecule has 1 aliphatic rings. The van der Waals surface area contributed by atoms with Crippen LogP contribution in [0.15, 0.2) is 4.36 Å². The molecule has 0 aromatic carbocycles. The Bertz CT molecular complexity index is 868. The lowest BCUT2D eigenvalue weighted by atomic mass is 9.99. The molecule has 8 atom stereocenters. The Morgan fingerprint density at radius 3 is 1.47 bits per heavy atom. The zero-order valence-electron chi connectivity index (χ0n) is 31.9. The van der Waals surface area contributed by atoms with E-state index >= 15 is 0 Å². The lowest BCUT2D eigenvalue weighted by Gasteiger charge is -2.40. The van der Waals surface area contributed by atoms with Gasteiger partial charge in [-0.1, -0.05) is 168 Å². The Morgan fingerprint density at radius 1 is 0.633 bits per heavy atom. The molecule has 294 valence electrons. The number of rotatable bonds is 33. The number of ether oxygens (including phenoxy) is 2. The highest BCUT2D eigenvalue weighted by molar-refractivity contribution is 7.92. The molecule has 0 radical (unpaired) electrons. The number of aliphatic hydroxyl groups is 5. The fraction of sp³-hybridized carbons (Fsp3) is 1.00. The number of unbranched alkanes of at least 4 members (excludes halogenated alkanes) is 23. The summed E-state index contributed by atoms with van der Waals surface area (Å²) in [6.45, 7) is 3.78. The second kappa shape index (κ2) is 30.2. The first-order chi connectivity index (χ1) is 23.7. The molecular weight excluding hydrogens is 642 g/mol. The maximum Gasteiger partial charge on any atom is 0.186 e. The number of hydrogen-bond acceptors (Lipinski definition) is 9. The zero-order valence-corrected chi connectivity index (χ0v) is 32.7. The highest BCUT2D eigenvalue weighted by atomic mass is 32.2. The van der Waals surface area contributed by atoms with Gasteiger partial charge >= 0.3 is 0 Å². The van der Waals surface area contributed by atoms with Crippen molar-refractivity contribution >= 4 is 9.73 Å². The lowest BCUT2D eigenvalue weighted by molar-refractivity contribution is -0.302. The van der Waals surface area contributed by atoms with Crippen molar-refractivity contribution in [2.24, 2.45) is 4.36 Å². The average Bonchev–Trinajstić information content (AvgIpc) is 3.08. The van der Waals surface area contributed by atoms with Gasteiger partial charge in [0, 0.05) is 21.7 Å². The van der Waals surface area contributed by atoms with E-state index in [0.717, 1.165) is 38.5 Å². The summed E-state index contributed by atoms with van der Waals surface area (Å²) in [5.74, 6) is 0.451. The van der Waals surface area contributed by atoms with E-state index in [0.29, 0.717) is 12.2 Å². The van der Waals surface area contributed by atoms with Gasteiger partial charge in [-0.3, -0.25) is 4.21 Å². The van der Waals surface area contributed by atoms with Gasteiger partial charge in [-0.25, -0.2) is 4.36 Å². The van der Waals surface area contributed by atoms with Crippen LogP contribution < -0.4 is 0 Å². The van der Waals surface area contributed by atoms with Crippen molar-refractivity contribution in [3.05, 3.63) is 0 Å². The molecule has 1 aliphatic heterocycles. The molecule has 9 nitrogen and oxygen atoms in total. The van der Waals surface area contributed by atoms with Gasteiger partial charge in [0.1, 0.15) is 30.5 Å². The van der Waals surface area contributed by atoms with Gasteiger partial charge in [-0.2, -0.15) is 0 Å². The van der Waals surface area contributed by atoms with E-state index in [1.54, 1.807) is 6.26 Å². The maximum absolute atomic E-state index is 13.6. The van der Waals surface area contributed by atoms with E-state index in [4.69, 9.17) is 9.47 Å². The van der Waals surface area contributed by atoms with E-state index in [1.165, 1.54) is 122 Å². The lowest BCUT2D eigenvalue weighted by Crippen LogP contribution is -2.59. The van der Waals surface area contributed by atoms with Crippen molar-refractivity contribution in [2.45, 2.75) is 224 Å². The van der Waals surface area contributed by atoms with Crippen molar-refractivity contribution in [3.8, 4) is 0 Å². The van der Waals surface area contributed by atoms with Crippen LogP contribution in [0.1, 0.15) is 181 Å². The number of aliphatic hydroxyl groups excluding tert-OH is 5. The normalized spacial score (nSPS) is 23.7. The molecule has 1 rings (SSSR count). The largest absolute Gasteiger partial charge is 0.394 e. The van der Waals surface area contributed by atoms with Crippen LogP contribution in [0.4, 0.5) is 0 Å². The van der Waals surface area contributed by atoms with E-state index in [9.17, 15) is 29.7 Å². The molecule has 0 aromatic rings. The smallest absolute Gasteiger partial charge is 0.186 e. The summed E-state index contributed by atoms with van der Waals surface area (Å²) in [5, 5.41) is 51.4. The minimum atomic E-state index is -2.59. The second-order valence-corrected chi connectivity index (χ2v) is 17.4. The summed E-state index contributed by atoms with van der Waals surface area (Å²) in [6, 6.07) is -0.792. The molecule has 0 saturated carbocycles. The van der Waals surface area contributed by atoms with E-state index in [2.05, 4.69) is 18.2 Å². The van der Waals surface area contributed by atoms with Crippen molar-refractivity contribution in [1.82, 2.24) is 0 Å². The van der Waals surface area contributed by atoms with Crippen LogP contribution in [0, 0.1) is 0 Å². The molecule has 0 bridgehead atoms. The van der Waals surface area contributed by atoms with E-state index in [1.807, 2.05) is 0 Å². The van der Waals surface area contributed by atoms with Gasteiger partial charge in [0.25, 0.3) is 0 Å². The minimum absolute atomic E-state index is 0.161. The average molecular weight is 722 g/mol. The Labute approximate surface area is 301 Å². The third-order valence-corrected chi connectivity index (χ3v) is 11.8. The molecule has 49 heavy (non-hydrogen) atoms. The first kappa shape index (κ1) is 46.7. The first-order valence-corrected chi connectivity index (χ1v) is 22.5. The van der Waals surface area contributed by atoms with Gasteiger partial charge in [0.15, 0.2) is 6.29 Å². The molecule has 1 heterocycles. The van der Waals surface area contributed by atoms with Crippen molar-refractivity contribution < 1.29 is 39.2 Å². The minimum Gasteiger partial charge on any atom is -0.394 e. The molecule has 0 aromatic heterocycles. The molecule has 0 amide bonds. The van der Waals surface area contributed by atoms with Crippen LogP contribution in [-0.4, -0.2) is 97.8 Å². The topological polar surface area (TPSA) is 149 Å². The molecule has 1 fully saturated rings. The SMILES string of the molecule is CCCCCCCCCCCCCCC[C@@H](O)[C@H](COC1OC(CO)C(O)C(O)C1O)N=S(C)(=O)CCCCCCCCCCCCCC. The second-order valence-electron chi connectivity index (χ2n) is 14.9. The standard InChI is InChI=1S/C39H79NO8S/c1-4-6-8-10-12-14-16-18-19-21-23-25-27-29-34(42)33(32-47-39-38(45)37(44)36(43)35(31-41)48-39)40-49(3,46)30-28-26-24-22-20-17-15-13-11-9-7-5-2/h33-39,41-45H,4-32H2,1-3H3/t33-,34+,35?,36?,37?,38?,39?,49?/m0/s1. The van der Waals surface area contributed by atoms with E-state index < -0.39 is 59.2 Å². The molecule has 0 aliphatic carbocycles. The zero-order chi connectivity index (χ0) is 36.2. The van der Waals surface area contributed by atoms with Crippen LogP contribution >= 0.6 is 0 Å². The van der Waals surface area contributed by atoms with Crippen LogP contribution in [0.25, 0.3) is 0 Å². The fourth-order valence-corrected chi connectivity index (χ4v) is 8.34. The number of hydrogen-bond donors (Lipinski definition) is 5. The van der Waals surface area contributed by atoms with Gasteiger partial charge in [0.05, 0.1) is 19.3 Å². The Balaban J connectivity index is 2.53. The summed E-state index contributed by atoms with van der Waals surface area (Å²) in [6.07, 6.45) is 25.0. The molecule has 0 spiro atoms. The fourth-order valence-electron chi connectivity index (χ4n) is 6.72. The Morgan fingerprint density at radius 2 is 1.04 bits per heavy atom. The maximum atomic E-state index is 13.6. The first-order valence-electron chi connectivity index (χ1n) is 20.5. The monoisotopic (exact) mass is 722 g/mol. The quantitative estimate of drug-likeness (QED) is 0.0431. The molecule has 1 saturated heterocycles. The van der Waals surface area contributed by atoms with Crippen molar-refractivity contribution in [2.75, 3.05) is 25.2 Å².